The summed E-state index contributed by atoms with van der Waals surface area (Å²) in [5.41, 5.74) is 2.13. The molecule has 3 nitrogen and oxygen atoms in total. The Balaban J connectivity index is 2.11. The zero-order valence-electron chi connectivity index (χ0n) is 11.5. The van der Waals surface area contributed by atoms with Crippen LogP contribution in [0.1, 0.15) is 38.4 Å². The Bertz CT molecular complexity index is 388. The fourth-order valence-corrected chi connectivity index (χ4v) is 2.56. The molecule has 1 aliphatic heterocycles. The van der Waals surface area contributed by atoms with Crippen LogP contribution >= 0.6 is 0 Å². The quantitative estimate of drug-likeness (QED) is 0.894. The summed E-state index contributed by atoms with van der Waals surface area (Å²) in [5, 5.41) is 9.51. The third-order valence-corrected chi connectivity index (χ3v) is 3.89. The van der Waals surface area contributed by atoms with E-state index in [1.165, 1.54) is 5.69 Å². The fraction of sp³-hybridized carbons (Fsp3) is 0.600. The molecule has 0 aliphatic carbocycles. The van der Waals surface area contributed by atoms with Crippen molar-refractivity contribution in [2.75, 3.05) is 25.1 Å². The van der Waals surface area contributed by atoms with Crippen LogP contribution in [0.15, 0.2) is 24.3 Å². The summed E-state index contributed by atoms with van der Waals surface area (Å²) in [6.07, 6.45) is 1.87. The van der Waals surface area contributed by atoms with Crippen molar-refractivity contribution in [1.29, 1.82) is 0 Å². The van der Waals surface area contributed by atoms with Crippen molar-refractivity contribution in [3.05, 3.63) is 29.8 Å². The van der Waals surface area contributed by atoms with Gasteiger partial charge in [0.15, 0.2) is 0 Å². The fourth-order valence-electron chi connectivity index (χ4n) is 2.56. The molecule has 1 N–H and O–H groups in total. The maximum atomic E-state index is 9.51. The number of benzene rings is 1. The molecule has 0 amide bonds. The smallest absolute Gasteiger partial charge is 0.0825 e. The first kappa shape index (κ1) is 13.4. The highest BCUT2D eigenvalue weighted by Crippen LogP contribution is 2.28. The molecule has 0 radical (unpaired) electrons. The number of nitrogens with zero attached hydrogens (tertiary/aromatic N) is 1. The standard InChI is InChI=1S/C15H23NO2/c1-12(17)13-5-7-14(8-6-13)16-10-4-9-15(2,11-16)18-3/h5-8,12,17H,4,9-11H2,1-3H3. The van der Waals surface area contributed by atoms with E-state index in [0.29, 0.717) is 0 Å². The van der Waals surface area contributed by atoms with E-state index in [1.807, 2.05) is 12.1 Å². The van der Waals surface area contributed by atoms with Gasteiger partial charge in [0.1, 0.15) is 0 Å². The largest absolute Gasteiger partial charge is 0.389 e. The Labute approximate surface area is 109 Å². The minimum atomic E-state index is -0.398. The molecule has 1 heterocycles. The second kappa shape index (κ2) is 5.29. The lowest BCUT2D eigenvalue weighted by molar-refractivity contribution is -0.00465. The van der Waals surface area contributed by atoms with Crippen molar-refractivity contribution in [1.82, 2.24) is 0 Å². The Kier molecular flexibility index (Phi) is 3.93. The van der Waals surface area contributed by atoms with Gasteiger partial charge in [0, 0.05) is 25.9 Å². The molecule has 2 unspecified atom stereocenters. The normalized spacial score (nSPS) is 26.1. The summed E-state index contributed by atoms with van der Waals surface area (Å²) in [6, 6.07) is 8.17. The number of hydrogen-bond donors (Lipinski definition) is 1. The number of rotatable bonds is 3. The molecular formula is C15H23NO2. The van der Waals surface area contributed by atoms with E-state index in [-0.39, 0.29) is 5.60 Å². The SMILES string of the molecule is COC1(C)CCCN(c2ccc(C(C)O)cc2)C1. The van der Waals surface area contributed by atoms with Crippen LogP contribution in [0.2, 0.25) is 0 Å². The number of ether oxygens (including phenoxy) is 1. The van der Waals surface area contributed by atoms with Gasteiger partial charge in [-0.25, -0.2) is 0 Å². The van der Waals surface area contributed by atoms with Crippen LogP contribution in [0.3, 0.4) is 0 Å². The zero-order chi connectivity index (χ0) is 13.2. The molecule has 1 aliphatic rings. The van der Waals surface area contributed by atoms with E-state index in [1.54, 1.807) is 14.0 Å². The third kappa shape index (κ3) is 2.85. The van der Waals surface area contributed by atoms with E-state index in [9.17, 15) is 5.11 Å². The van der Waals surface area contributed by atoms with Crippen LogP contribution in [-0.2, 0) is 4.74 Å². The predicted molar refractivity (Wildman–Crippen MR) is 73.9 cm³/mol. The minimum Gasteiger partial charge on any atom is -0.389 e. The molecule has 0 aromatic heterocycles. The summed E-state index contributed by atoms with van der Waals surface area (Å²) in [6.45, 7) is 5.96. The first-order chi connectivity index (χ1) is 8.54. The van der Waals surface area contributed by atoms with Gasteiger partial charge in [-0.1, -0.05) is 12.1 Å². The number of aliphatic hydroxyl groups is 1. The maximum Gasteiger partial charge on any atom is 0.0825 e. The van der Waals surface area contributed by atoms with Gasteiger partial charge in [-0.2, -0.15) is 0 Å². The first-order valence-corrected chi connectivity index (χ1v) is 6.62. The molecule has 2 rings (SSSR count). The highest BCUT2D eigenvalue weighted by atomic mass is 16.5. The zero-order valence-corrected chi connectivity index (χ0v) is 11.5. The molecule has 1 aromatic carbocycles. The Hall–Kier alpha value is -1.06. The van der Waals surface area contributed by atoms with Gasteiger partial charge in [0.2, 0.25) is 0 Å². The van der Waals surface area contributed by atoms with Crippen LogP contribution in [0.4, 0.5) is 5.69 Å². The average Bonchev–Trinajstić information content (AvgIpc) is 2.39. The van der Waals surface area contributed by atoms with E-state index in [4.69, 9.17) is 4.74 Å². The molecule has 3 heteroatoms. The summed E-state index contributed by atoms with van der Waals surface area (Å²) in [5.74, 6) is 0. The van der Waals surface area contributed by atoms with Crippen molar-refractivity contribution in [3.8, 4) is 0 Å². The molecule has 0 saturated carbocycles. The van der Waals surface area contributed by atoms with Crippen molar-refractivity contribution in [2.24, 2.45) is 0 Å². The number of methoxy groups -OCH3 is 1. The molecule has 1 aromatic rings. The van der Waals surface area contributed by atoms with Crippen LogP contribution in [0.5, 0.6) is 0 Å². The summed E-state index contributed by atoms with van der Waals surface area (Å²) < 4.78 is 5.61. The second-order valence-electron chi connectivity index (χ2n) is 5.45. The van der Waals surface area contributed by atoms with Crippen molar-refractivity contribution >= 4 is 5.69 Å². The van der Waals surface area contributed by atoms with Gasteiger partial charge >= 0.3 is 0 Å². The second-order valence-corrected chi connectivity index (χ2v) is 5.45. The van der Waals surface area contributed by atoms with Crippen LogP contribution in [0.25, 0.3) is 0 Å². The number of aliphatic hydroxyl groups excluding tert-OH is 1. The third-order valence-electron chi connectivity index (χ3n) is 3.89. The van der Waals surface area contributed by atoms with Gasteiger partial charge in [0.25, 0.3) is 0 Å². The number of hydrogen-bond acceptors (Lipinski definition) is 3. The Morgan fingerprint density at radius 3 is 2.56 bits per heavy atom. The molecule has 100 valence electrons. The van der Waals surface area contributed by atoms with E-state index in [2.05, 4.69) is 24.0 Å². The van der Waals surface area contributed by atoms with Gasteiger partial charge < -0.3 is 14.7 Å². The van der Waals surface area contributed by atoms with E-state index in [0.717, 1.165) is 31.5 Å². The van der Waals surface area contributed by atoms with E-state index >= 15 is 0 Å². The number of piperidine rings is 1. The van der Waals surface area contributed by atoms with Gasteiger partial charge in [-0.05, 0) is 44.4 Å². The first-order valence-electron chi connectivity index (χ1n) is 6.62. The summed E-state index contributed by atoms with van der Waals surface area (Å²) in [7, 11) is 1.79. The topological polar surface area (TPSA) is 32.7 Å². The van der Waals surface area contributed by atoms with Gasteiger partial charge in [0.05, 0.1) is 11.7 Å². The molecule has 1 saturated heterocycles. The lowest BCUT2D eigenvalue weighted by atomic mass is 9.94. The van der Waals surface area contributed by atoms with Crippen LogP contribution in [-0.4, -0.2) is 30.9 Å². The lowest BCUT2D eigenvalue weighted by Gasteiger charge is -2.40. The van der Waals surface area contributed by atoms with Crippen LogP contribution in [0, 0.1) is 0 Å². The average molecular weight is 249 g/mol. The molecular weight excluding hydrogens is 226 g/mol. The highest BCUT2D eigenvalue weighted by molar-refractivity contribution is 5.48. The monoisotopic (exact) mass is 249 g/mol. The van der Waals surface area contributed by atoms with Gasteiger partial charge in [-0.3, -0.25) is 0 Å². The van der Waals surface area contributed by atoms with Crippen LogP contribution < -0.4 is 4.90 Å². The van der Waals surface area contributed by atoms with E-state index < -0.39 is 6.10 Å². The minimum absolute atomic E-state index is 0.0405. The molecule has 0 spiro atoms. The number of anilines is 1. The lowest BCUT2D eigenvalue weighted by Crippen LogP contribution is -2.47. The Morgan fingerprint density at radius 2 is 2.00 bits per heavy atom. The predicted octanol–water partition coefficient (Wildman–Crippen LogP) is 2.75. The molecule has 18 heavy (non-hydrogen) atoms. The molecule has 2 atom stereocenters. The summed E-state index contributed by atoms with van der Waals surface area (Å²) in [4.78, 5) is 2.36. The molecule has 1 fully saturated rings. The highest BCUT2D eigenvalue weighted by Gasteiger charge is 2.30. The molecule has 0 bridgehead atoms. The Morgan fingerprint density at radius 1 is 1.33 bits per heavy atom. The maximum absolute atomic E-state index is 9.51. The summed E-state index contributed by atoms with van der Waals surface area (Å²) >= 11 is 0. The van der Waals surface area contributed by atoms with Crippen molar-refractivity contribution in [3.63, 3.8) is 0 Å². The van der Waals surface area contributed by atoms with Gasteiger partial charge in [-0.15, -0.1) is 0 Å². The van der Waals surface area contributed by atoms with Crippen molar-refractivity contribution < 1.29 is 9.84 Å². The van der Waals surface area contributed by atoms with Crippen molar-refractivity contribution in [2.45, 2.75) is 38.4 Å².